The molecule has 1 amide bonds. The fourth-order valence-electron chi connectivity index (χ4n) is 2.57. The van der Waals surface area contributed by atoms with Crippen molar-refractivity contribution in [3.8, 4) is 0 Å². The van der Waals surface area contributed by atoms with Crippen LogP contribution in [0.3, 0.4) is 0 Å². The summed E-state index contributed by atoms with van der Waals surface area (Å²) < 4.78 is 0.242. The maximum atomic E-state index is 12.1. The molecule has 0 spiro atoms. The Kier molecular flexibility index (Phi) is 6.38. The van der Waals surface area contributed by atoms with Gasteiger partial charge in [0.05, 0.1) is 6.54 Å². The van der Waals surface area contributed by atoms with Crippen LogP contribution in [0.4, 0.5) is 0 Å². The van der Waals surface area contributed by atoms with Crippen LogP contribution in [0.1, 0.15) is 33.6 Å². The summed E-state index contributed by atoms with van der Waals surface area (Å²) in [6, 6.07) is 10.5. The second-order valence-electron chi connectivity index (χ2n) is 7.65. The topological polar surface area (TPSA) is 56.7 Å². The number of thioether (sulfide) groups is 1. The van der Waals surface area contributed by atoms with E-state index in [-0.39, 0.29) is 22.7 Å². The van der Waals surface area contributed by atoms with Gasteiger partial charge in [0.25, 0.3) is 0 Å². The Morgan fingerprint density at radius 1 is 1.28 bits per heavy atom. The van der Waals surface area contributed by atoms with Gasteiger partial charge in [-0.3, -0.25) is 9.79 Å². The number of carbonyl (C=O) groups excluding carboxylic acids is 1. The molecule has 1 aromatic carbocycles. The van der Waals surface area contributed by atoms with Crippen molar-refractivity contribution >= 4 is 23.6 Å². The number of rotatable bonds is 6. The Labute approximate surface area is 155 Å². The molecule has 0 unspecified atom stereocenters. The summed E-state index contributed by atoms with van der Waals surface area (Å²) in [6.45, 7) is 7.08. The minimum atomic E-state index is -0.223. The van der Waals surface area contributed by atoms with Crippen LogP contribution in [0.15, 0.2) is 40.2 Å². The molecule has 0 heterocycles. The molecule has 1 fully saturated rings. The third kappa shape index (κ3) is 6.61. The van der Waals surface area contributed by atoms with E-state index in [1.165, 1.54) is 17.7 Å². The summed E-state index contributed by atoms with van der Waals surface area (Å²) in [5.74, 6) is 0.752. The highest BCUT2D eigenvalue weighted by molar-refractivity contribution is 8.01. The molecule has 1 saturated carbocycles. The zero-order valence-corrected chi connectivity index (χ0v) is 16.7. The maximum Gasteiger partial charge on any atom is 0.240 e. The molecule has 0 aromatic heterocycles. The van der Waals surface area contributed by atoms with Crippen LogP contribution in [-0.2, 0) is 4.79 Å². The fourth-order valence-corrected chi connectivity index (χ4v) is 3.81. The third-order valence-electron chi connectivity index (χ3n) is 3.92. The molecule has 1 aliphatic carbocycles. The Morgan fingerprint density at radius 3 is 2.44 bits per heavy atom. The first-order chi connectivity index (χ1) is 11.7. The van der Waals surface area contributed by atoms with Crippen molar-refractivity contribution < 1.29 is 4.79 Å². The lowest BCUT2D eigenvalue weighted by Gasteiger charge is -2.26. The molecule has 0 atom stereocenters. The summed E-state index contributed by atoms with van der Waals surface area (Å²) in [4.78, 5) is 19.6. The number of benzene rings is 1. The Bertz CT molecular complexity index is 606. The van der Waals surface area contributed by atoms with Crippen LogP contribution >= 0.6 is 11.8 Å². The van der Waals surface area contributed by atoms with Crippen LogP contribution in [0.2, 0.25) is 0 Å². The highest BCUT2D eigenvalue weighted by Gasteiger charge is 2.43. The van der Waals surface area contributed by atoms with Crippen LogP contribution in [0, 0.1) is 0 Å². The molecule has 2 N–H and O–H groups in total. The monoisotopic (exact) mass is 362 g/mol. The molecule has 0 saturated heterocycles. The van der Waals surface area contributed by atoms with E-state index in [9.17, 15) is 4.79 Å². The molecule has 138 valence electrons. The van der Waals surface area contributed by atoms with Crippen molar-refractivity contribution in [1.82, 2.24) is 15.5 Å². The van der Waals surface area contributed by atoms with Gasteiger partial charge in [-0.15, -0.1) is 11.8 Å². The zero-order chi connectivity index (χ0) is 18.5. The molecule has 0 radical (unpaired) electrons. The molecular formula is C19H30N4OS. The highest BCUT2D eigenvalue weighted by atomic mass is 32.2. The third-order valence-corrected chi connectivity index (χ3v) is 5.42. The highest BCUT2D eigenvalue weighted by Crippen LogP contribution is 2.51. The Morgan fingerprint density at radius 2 is 1.92 bits per heavy atom. The van der Waals surface area contributed by atoms with Gasteiger partial charge in [-0.2, -0.15) is 0 Å². The van der Waals surface area contributed by atoms with E-state index < -0.39 is 0 Å². The van der Waals surface area contributed by atoms with Gasteiger partial charge in [-0.1, -0.05) is 18.2 Å². The number of guanidine groups is 1. The number of nitrogens with one attached hydrogen (secondary N) is 2. The van der Waals surface area contributed by atoms with Crippen LogP contribution < -0.4 is 10.6 Å². The van der Waals surface area contributed by atoms with Gasteiger partial charge in [0.15, 0.2) is 5.96 Å². The van der Waals surface area contributed by atoms with Gasteiger partial charge in [0.1, 0.15) is 0 Å². The first-order valence-corrected chi connectivity index (χ1v) is 9.52. The molecule has 1 aliphatic rings. The summed E-state index contributed by atoms with van der Waals surface area (Å²) >= 11 is 1.93. The van der Waals surface area contributed by atoms with Crippen molar-refractivity contribution in [1.29, 1.82) is 0 Å². The molecule has 2 rings (SSSR count). The summed E-state index contributed by atoms with van der Waals surface area (Å²) in [7, 11) is 3.64. The normalized spacial score (nSPS) is 16.3. The quantitative estimate of drug-likeness (QED) is 0.603. The lowest BCUT2D eigenvalue weighted by Crippen LogP contribution is -2.49. The van der Waals surface area contributed by atoms with Crippen molar-refractivity contribution in [2.24, 2.45) is 4.99 Å². The lowest BCUT2D eigenvalue weighted by molar-refractivity contribution is -0.122. The molecule has 1 aromatic rings. The van der Waals surface area contributed by atoms with Gasteiger partial charge in [-0.05, 0) is 45.7 Å². The predicted octanol–water partition coefficient (Wildman–Crippen LogP) is 2.73. The standard InChI is InChI=1S/C19H30N4OS/c1-18(2,3)22-16(24)13-23(5)17(20-4)21-14-19(11-12-19)25-15-9-7-6-8-10-15/h6-10H,11-14H2,1-5H3,(H,20,21)(H,22,24). The van der Waals surface area contributed by atoms with E-state index in [1.54, 1.807) is 7.05 Å². The van der Waals surface area contributed by atoms with Gasteiger partial charge < -0.3 is 15.5 Å². The van der Waals surface area contributed by atoms with E-state index in [4.69, 9.17) is 0 Å². The molecular weight excluding hydrogens is 332 g/mol. The Balaban J connectivity index is 1.84. The molecule has 25 heavy (non-hydrogen) atoms. The van der Waals surface area contributed by atoms with Gasteiger partial charge in [0, 0.05) is 35.8 Å². The number of hydrogen-bond acceptors (Lipinski definition) is 3. The number of hydrogen-bond donors (Lipinski definition) is 2. The van der Waals surface area contributed by atoms with Gasteiger partial charge >= 0.3 is 0 Å². The number of carbonyl (C=O) groups is 1. The molecule has 0 bridgehead atoms. The predicted molar refractivity (Wildman–Crippen MR) is 106 cm³/mol. The van der Waals surface area contributed by atoms with E-state index in [0.29, 0.717) is 0 Å². The van der Waals surface area contributed by atoms with Crippen LogP contribution in [-0.4, -0.2) is 54.2 Å². The minimum absolute atomic E-state index is 0.00209. The smallest absolute Gasteiger partial charge is 0.240 e. The second-order valence-corrected chi connectivity index (χ2v) is 9.19. The second kappa shape index (κ2) is 8.13. The Hall–Kier alpha value is -1.69. The van der Waals surface area contributed by atoms with Crippen molar-refractivity contribution in [2.75, 3.05) is 27.2 Å². The summed E-state index contributed by atoms with van der Waals surface area (Å²) in [5.41, 5.74) is -0.223. The number of nitrogens with zero attached hydrogens (tertiary/aromatic N) is 2. The zero-order valence-electron chi connectivity index (χ0n) is 15.9. The van der Waals surface area contributed by atoms with E-state index in [1.807, 2.05) is 50.5 Å². The summed E-state index contributed by atoms with van der Waals surface area (Å²) in [6.07, 6.45) is 2.40. The first kappa shape index (κ1) is 19.6. The van der Waals surface area contributed by atoms with Crippen molar-refractivity contribution in [3.05, 3.63) is 30.3 Å². The maximum absolute atomic E-state index is 12.1. The summed E-state index contributed by atoms with van der Waals surface area (Å²) in [5, 5.41) is 6.41. The minimum Gasteiger partial charge on any atom is -0.355 e. The number of aliphatic imine (C=N–C) groups is 1. The number of amides is 1. The average molecular weight is 363 g/mol. The SMILES string of the molecule is CN=C(NCC1(Sc2ccccc2)CC1)N(C)CC(=O)NC(C)(C)C. The van der Waals surface area contributed by atoms with E-state index >= 15 is 0 Å². The molecule has 5 nitrogen and oxygen atoms in total. The van der Waals surface area contributed by atoms with Gasteiger partial charge in [0.2, 0.25) is 5.91 Å². The largest absolute Gasteiger partial charge is 0.355 e. The van der Waals surface area contributed by atoms with Crippen LogP contribution in [0.5, 0.6) is 0 Å². The molecule has 0 aliphatic heterocycles. The molecule has 6 heteroatoms. The first-order valence-electron chi connectivity index (χ1n) is 8.70. The van der Waals surface area contributed by atoms with Crippen LogP contribution in [0.25, 0.3) is 0 Å². The lowest BCUT2D eigenvalue weighted by atomic mass is 10.1. The van der Waals surface area contributed by atoms with Gasteiger partial charge in [-0.25, -0.2) is 0 Å². The van der Waals surface area contributed by atoms with Crippen molar-refractivity contribution in [2.45, 2.75) is 48.8 Å². The van der Waals surface area contributed by atoms with E-state index in [0.717, 1.165) is 12.5 Å². The van der Waals surface area contributed by atoms with Crippen molar-refractivity contribution in [3.63, 3.8) is 0 Å². The number of likely N-dealkylation sites (N-methyl/N-ethyl adjacent to an activating group) is 1. The van der Waals surface area contributed by atoms with E-state index in [2.05, 4.69) is 39.9 Å². The fraction of sp³-hybridized carbons (Fsp3) is 0.579. The average Bonchev–Trinajstić information content (AvgIpc) is 3.26.